The van der Waals surface area contributed by atoms with Crippen molar-refractivity contribution in [1.29, 1.82) is 0 Å². The maximum absolute atomic E-state index is 14.0. The summed E-state index contributed by atoms with van der Waals surface area (Å²) in [6, 6.07) is 18.8. The van der Waals surface area contributed by atoms with Crippen LogP contribution in [0.25, 0.3) is 0 Å². The van der Waals surface area contributed by atoms with Gasteiger partial charge in [0.25, 0.3) is 10.0 Å². The number of benzene rings is 3. The van der Waals surface area contributed by atoms with Crippen LogP contribution in [-0.4, -0.2) is 50.4 Å². The largest absolute Gasteiger partial charge is 0.495 e. The van der Waals surface area contributed by atoms with Gasteiger partial charge in [0.05, 0.1) is 17.7 Å². The number of halogens is 2. The van der Waals surface area contributed by atoms with E-state index in [2.05, 4.69) is 21.2 Å². The number of nitrogens with one attached hydrogen (secondary N) is 1. The summed E-state index contributed by atoms with van der Waals surface area (Å²) in [4.78, 5) is 28.6. The number of ether oxygens (including phenoxy) is 1. The molecule has 0 aromatic heterocycles. The maximum atomic E-state index is 14.0. The summed E-state index contributed by atoms with van der Waals surface area (Å²) in [6.45, 7) is 6.62. The predicted octanol–water partition coefficient (Wildman–Crippen LogP) is 5.64. The van der Waals surface area contributed by atoms with Crippen LogP contribution in [0, 0.1) is 0 Å². The lowest BCUT2D eigenvalue weighted by Crippen LogP contribution is -2.54. The molecule has 2 amide bonds. The van der Waals surface area contributed by atoms with E-state index in [1.807, 2.05) is 45.0 Å². The van der Waals surface area contributed by atoms with Gasteiger partial charge in [-0.15, -0.1) is 0 Å². The zero-order valence-corrected chi connectivity index (χ0v) is 26.2. The lowest BCUT2D eigenvalue weighted by atomic mass is 10.1. The van der Waals surface area contributed by atoms with E-state index in [9.17, 15) is 18.0 Å². The Morgan fingerprint density at radius 1 is 1.02 bits per heavy atom. The van der Waals surface area contributed by atoms with E-state index in [-0.39, 0.29) is 33.8 Å². The summed E-state index contributed by atoms with van der Waals surface area (Å²) in [5.74, 6) is -0.736. The molecular weight excluding hydrogens is 618 g/mol. The summed E-state index contributed by atoms with van der Waals surface area (Å²) in [5, 5.41) is 3.17. The van der Waals surface area contributed by atoms with Crippen LogP contribution in [-0.2, 0) is 26.2 Å². The molecule has 3 rings (SSSR count). The van der Waals surface area contributed by atoms with Gasteiger partial charge in [-0.2, -0.15) is 0 Å². The molecule has 0 bridgehead atoms. The third-order valence-corrected chi connectivity index (χ3v) is 8.43. The molecule has 0 unspecified atom stereocenters. The van der Waals surface area contributed by atoms with Crippen molar-refractivity contribution in [1.82, 2.24) is 10.2 Å². The molecule has 3 aromatic carbocycles. The van der Waals surface area contributed by atoms with Crippen LogP contribution in [0.15, 0.2) is 82.2 Å². The molecule has 0 aliphatic rings. The first-order chi connectivity index (χ1) is 18.7. The summed E-state index contributed by atoms with van der Waals surface area (Å²) in [6.07, 6.45) is 0. The zero-order chi connectivity index (χ0) is 29.7. The van der Waals surface area contributed by atoms with Gasteiger partial charge >= 0.3 is 0 Å². The van der Waals surface area contributed by atoms with E-state index in [0.29, 0.717) is 0 Å². The Hall–Kier alpha value is -3.08. The Morgan fingerprint density at radius 2 is 1.70 bits per heavy atom. The van der Waals surface area contributed by atoms with Gasteiger partial charge in [0.15, 0.2) is 0 Å². The number of hydrogen-bond acceptors (Lipinski definition) is 5. The quantitative estimate of drug-likeness (QED) is 0.307. The normalized spacial score (nSPS) is 12.4. The fourth-order valence-corrected chi connectivity index (χ4v) is 6.03. The van der Waals surface area contributed by atoms with Crippen LogP contribution in [0.1, 0.15) is 33.3 Å². The fourth-order valence-electron chi connectivity index (χ4n) is 3.98. The van der Waals surface area contributed by atoms with Gasteiger partial charge in [-0.05, 0) is 75.7 Å². The summed E-state index contributed by atoms with van der Waals surface area (Å²) >= 11 is 9.70. The highest BCUT2D eigenvalue weighted by atomic mass is 79.9. The van der Waals surface area contributed by atoms with Crippen molar-refractivity contribution >= 4 is 55.1 Å². The van der Waals surface area contributed by atoms with E-state index in [1.54, 1.807) is 31.2 Å². The molecule has 8 nitrogen and oxygen atoms in total. The van der Waals surface area contributed by atoms with Crippen molar-refractivity contribution in [3.63, 3.8) is 0 Å². The van der Waals surface area contributed by atoms with Crippen LogP contribution in [0.5, 0.6) is 5.75 Å². The highest BCUT2D eigenvalue weighted by molar-refractivity contribution is 9.10. The van der Waals surface area contributed by atoms with Crippen LogP contribution in [0.3, 0.4) is 0 Å². The van der Waals surface area contributed by atoms with E-state index >= 15 is 0 Å². The Morgan fingerprint density at radius 3 is 2.30 bits per heavy atom. The first kappa shape index (κ1) is 31.4. The van der Waals surface area contributed by atoms with E-state index < -0.39 is 34.1 Å². The van der Waals surface area contributed by atoms with Gasteiger partial charge in [-0.25, -0.2) is 8.42 Å². The fraction of sp³-hybridized carbons (Fsp3) is 0.310. The molecule has 0 heterocycles. The number of nitrogens with zero attached hydrogens (tertiary/aromatic N) is 2. The molecule has 0 fully saturated rings. The van der Waals surface area contributed by atoms with Gasteiger partial charge in [-0.1, -0.05) is 57.9 Å². The van der Waals surface area contributed by atoms with Crippen LogP contribution in [0.2, 0.25) is 5.02 Å². The summed E-state index contributed by atoms with van der Waals surface area (Å²) < 4.78 is 35.1. The SMILES string of the molecule is COc1ccc(Cl)cc1N(CC(=O)N(Cc1cccc(Br)c1)[C@@H](C)C(=O)NC(C)(C)C)S(=O)(=O)c1ccccc1. The minimum atomic E-state index is -4.25. The minimum Gasteiger partial charge on any atom is -0.495 e. The van der Waals surface area contributed by atoms with Gasteiger partial charge < -0.3 is 15.0 Å². The second-order valence-corrected chi connectivity index (χ2v) is 13.4. The Balaban J connectivity index is 2.10. The first-order valence-corrected chi connectivity index (χ1v) is 15.1. The summed E-state index contributed by atoms with van der Waals surface area (Å²) in [7, 11) is -2.84. The van der Waals surface area contributed by atoms with Crippen molar-refractivity contribution in [3.05, 3.63) is 87.9 Å². The van der Waals surface area contributed by atoms with Gasteiger partial charge in [0.2, 0.25) is 11.8 Å². The number of methoxy groups -OCH3 is 1. The van der Waals surface area contributed by atoms with Crippen LogP contribution >= 0.6 is 27.5 Å². The van der Waals surface area contributed by atoms with Crippen LogP contribution < -0.4 is 14.4 Å². The van der Waals surface area contributed by atoms with E-state index in [4.69, 9.17) is 16.3 Å². The van der Waals surface area contributed by atoms with Gasteiger partial charge in [-0.3, -0.25) is 13.9 Å². The predicted molar refractivity (Wildman–Crippen MR) is 161 cm³/mol. The standard InChI is InChI=1S/C29H33BrClN3O5S/c1-20(28(36)32-29(2,3)4)33(18-21-10-9-11-22(30)16-21)27(35)19-34(25-17-23(31)14-15-26(25)39-5)40(37,38)24-12-7-6-8-13-24/h6-17,20H,18-19H2,1-5H3,(H,32,36)/t20-/m0/s1. The topological polar surface area (TPSA) is 96.0 Å². The molecule has 3 aromatic rings. The molecule has 214 valence electrons. The Bertz CT molecular complexity index is 1460. The molecule has 0 aliphatic heterocycles. The zero-order valence-electron chi connectivity index (χ0n) is 23.0. The number of carbonyl (C=O) groups is 2. The number of hydrogen-bond donors (Lipinski definition) is 1. The molecule has 0 spiro atoms. The van der Waals surface area contributed by atoms with E-state index in [1.165, 1.54) is 36.3 Å². The second kappa shape index (κ2) is 13.1. The van der Waals surface area contributed by atoms with Crippen LogP contribution in [0.4, 0.5) is 5.69 Å². The summed E-state index contributed by atoms with van der Waals surface area (Å²) in [5.41, 5.74) is 0.324. The lowest BCUT2D eigenvalue weighted by molar-refractivity contribution is -0.140. The average Bonchev–Trinajstić information content (AvgIpc) is 2.89. The highest BCUT2D eigenvalue weighted by Gasteiger charge is 2.34. The van der Waals surface area contributed by atoms with Crippen molar-refractivity contribution < 1.29 is 22.7 Å². The molecule has 1 N–H and O–H groups in total. The van der Waals surface area contributed by atoms with Gasteiger partial charge in [0, 0.05) is 21.6 Å². The molecule has 0 radical (unpaired) electrons. The average molecular weight is 651 g/mol. The molecule has 0 saturated carbocycles. The van der Waals surface area contributed by atoms with Crippen molar-refractivity contribution in [2.45, 2.75) is 50.7 Å². The van der Waals surface area contributed by atoms with Crippen molar-refractivity contribution in [2.24, 2.45) is 0 Å². The number of rotatable bonds is 10. The second-order valence-electron chi connectivity index (χ2n) is 10.2. The molecule has 11 heteroatoms. The third kappa shape index (κ3) is 7.99. The molecular formula is C29H33BrClN3O5S. The number of amides is 2. The van der Waals surface area contributed by atoms with Crippen molar-refractivity contribution in [2.75, 3.05) is 18.0 Å². The minimum absolute atomic E-state index is 0.0121. The Labute approximate surface area is 249 Å². The number of sulfonamides is 1. The Kier molecular flexibility index (Phi) is 10.3. The van der Waals surface area contributed by atoms with E-state index in [0.717, 1.165) is 14.3 Å². The monoisotopic (exact) mass is 649 g/mol. The van der Waals surface area contributed by atoms with Crippen molar-refractivity contribution in [3.8, 4) is 5.75 Å². The highest BCUT2D eigenvalue weighted by Crippen LogP contribution is 2.35. The smallest absolute Gasteiger partial charge is 0.264 e. The lowest BCUT2D eigenvalue weighted by Gasteiger charge is -2.33. The third-order valence-electron chi connectivity index (χ3n) is 5.93. The molecule has 0 saturated heterocycles. The molecule has 40 heavy (non-hydrogen) atoms. The number of anilines is 1. The van der Waals surface area contributed by atoms with Gasteiger partial charge in [0.1, 0.15) is 18.3 Å². The molecule has 0 aliphatic carbocycles. The molecule has 1 atom stereocenters. The number of carbonyl (C=O) groups excluding carboxylic acids is 2. The first-order valence-electron chi connectivity index (χ1n) is 12.5. The maximum Gasteiger partial charge on any atom is 0.264 e.